The van der Waals surface area contributed by atoms with Crippen LogP contribution in [0.4, 0.5) is 0 Å². The van der Waals surface area contributed by atoms with E-state index in [4.69, 9.17) is 0 Å². The van der Waals surface area contributed by atoms with Gasteiger partial charge in [0, 0.05) is 6.04 Å². The van der Waals surface area contributed by atoms with Crippen molar-refractivity contribution in [1.29, 1.82) is 0 Å². The van der Waals surface area contributed by atoms with Crippen LogP contribution in [0.2, 0.25) is 0 Å². The average Bonchev–Trinajstić information content (AvgIpc) is 2.68. The fourth-order valence-corrected chi connectivity index (χ4v) is 1.79. The highest BCUT2D eigenvalue weighted by Crippen LogP contribution is 2.35. The molecule has 66 valence electrons. The van der Waals surface area contributed by atoms with E-state index in [1.54, 1.807) is 0 Å². The highest BCUT2D eigenvalue weighted by atomic mass is 35.5. The summed E-state index contributed by atoms with van der Waals surface area (Å²) in [6.07, 6.45) is 4.68. The second-order valence-corrected chi connectivity index (χ2v) is 3.58. The van der Waals surface area contributed by atoms with Gasteiger partial charge >= 0.3 is 0 Å². The van der Waals surface area contributed by atoms with Gasteiger partial charge in [-0.1, -0.05) is 0 Å². The maximum atomic E-state index is 9.32. The van der Waals surface area contributed by atoms with Crippen molar-refractivity contribution in [3.8, 4) is 0 Å². The van der Waals surface area contributed by atoms with Crippen molar-refractivity contribution < 1.29 is 5.11 Å². The molecule has 0 aromatic heterocycles. The first-order valence-corrected chi connectivity index (χ1v) is 4.28. The zero-order chi connectivity index (χ0) is 6.97. The lowest BCUT2D eigenvalue weighted by Gasteiger charge is -2.27. The van der Waals surface area contributed by atoms with Crippen LogP contribution in [0.5, 0.6) is 0 Å². The predicted molar refractivity (Wildman–Crippen MR) is 47.0 cm³/mol. The van der Waals surface area contributed by atoms with Gasteiger partial charge < -0.3 is 10.4 Å². The minimum absolute atomic E-state index is 0. The summed E-state index contributed by atoms with van der Waals surface area (Å²) in [6.45, 7) is 1.02. The van der Waals surface area contributed by atoms with Crippen LogP contribution in [0.25, 0.3) is 0 Å². The molecule has 0 aromatic carbocycles. The van der Waals surface area contributed by atoms with E-state index >= 15 is 0 Å². The number of halogens is 1. The molecule has 2 aliphatic rings. The van der Waals surface area contributed by atoms with Gasteiger partial charge in [-0.2, -0.15) is 0 Å². The van der Waals surface area contributed by atoms with E-state index < -0.39 is 0 Å². The fourth-order valence-electron chi connectivity index (χ4n) is 1.79. The molecule has 0 spiro atoms. The first kappa shape index (κ1) is 9.30. The smallest absolute Gasteiger partial charge is 0.0567 e. The second kappa shape index (κ2) is 3.74. The summed E-state index contributed by atoms with van der Waals surface area (Å²) in [4.78, 5) is 0. The Labute approximate surface area is 73.8 Å². The molecule has 0 amide bonds. The molecule has 1 heterocycles. The van der Waals surface area contributed by atoms with Crippen molar-refractivity contribution in [3.05, 3.63) is 0 Å². The lowest BCUT2D eigenvalue weighted by molar-refractivity contribution is 0.111. The lowest BCUT2D eigenvalue weighted by atomic mass is 9.98. The molecule has 2 atom stereocenters. The molecule has 2 N–H and O–H groups in total. The molecule has 2 fully saturated rings. The lowest BCUT2D eigenvalue weighted by Crippen LogP contribution is -2.41. The molecule has 0 unspecified atom stereocenters. The molecule has 3 heteroatoms. The average molecular weight is 178 g/mol. The van der Waals surface area contributed by atoms with Crippen LogP contribution in [0, 0.1) is 5.92 Å². The van der Waals surface area contributed by atoms with Gasteiger partial charge in [-0.05, 0) is 38.1 Å². The van der Waals surface area contributed by atoms with Crippen molar-refractivity contribution in [3.63, 3.8) is 0 Å². The van der Waals surface area contributed by atoms with E-state index in [1.165, 1.54) is 12.8 Å². The van der Waals surface area contributed by atoms with Crippen molar-refractivity contribution >= 4 is 12.4 Å². The molecule has 1 saturated carbocycles. The number of nitrogens with one attached hydrogen (secondary N) is 1. The van der Waals surface area contributed by atoms with Crippen molar-refractivity contribution in [2.24, 2.45) is 5.92 Å². The minimum atomic E-state index is -0.0214. The third kappa shape index (κ3) is 2.32. The van der Waals surface area contributed by atoms with Crippen LogP contribution in [0.1, 0.15) is 25.7 Å². The Morgan fingerprint density at radius 3 is 2.45 bits per heavy atom. The van der Waals surface area contributed by atoms with E-state index in [-0.39, 0.29) is 18.5 Å². The largest absolute Gasteiger partial charge is 0.393 e. The van der Waals surface area contributed by atoms with E-state index in [2.05, 4.69) is 5.32 Å². The highest BCUT2D eigenvalue weighted by Gasteiger charge is 2.33. The van der Waals surface area contributed by atoms with Crippen LogP contribution in [-0.4, -0.2) is 23.8 Å². The summed E-state index contributed by atoms with van der Waals surface area (Å²) < 4.78 is 0. The monoisotopic (exact) mass is 177 g/mol. The number of piperidine rings is 1. The van der Waals surface area contributed by atoms with Crippen LogP contribution >= 0.6 is 12.4 Å². The van der Waals surface area contributed by atoms with E-state index in [0.717, 1.165) is 25.3 Å². The fraction of sp³-hybridized carbons (Fsp3) is 1.00. The first-order valence-electron chi connectivity index (χ1n) is 4.28. The molecule has 0 bridgehead atoms. The standard InChI is InChI=1S/C8H15NO.ClH/c10-7-3-4-9-8(5-7)6-1-2-6;/h6-10H,1-5H2;1H/t7-,8+;/m0./s1. The Morgan fingerprint density at radius 2 is 1.91 bits per heavy atom. The van der Waals surface area contributed by atoms with Crippen LogP contribution < -0.4 is 5.32 Å². The summed E-state index contributed by atoms with van der Waals surface area (Å²) >= 11 is 0. The first-order chi connectivity index (χ1) is 4.86. The summed E-state index contributed by atoms with van der Waals surface area (Å²) in [5.41, 5.74) is 0. The van der Waals surface area contributed by atoms with Crippen LogP contribution in [0.3, 0.4) is 0 Å². The maximum absolute atomic E-state index is 9.32. The van der Waals surface area contributed by atoms with Gasteiger partial charge in [0.15, 0.2) is 0 Å². The molecule has 1 saturated heterocycles. The van der Waals surface area contributed by atoms with Gasteiger partial charge in [-0.3, -0.25) is 0 Å². The molecule has 2 rings (SSSR count). The topological polar surface area (TPSA) is 32.3 Å². The Bertz CT molecular complexity index is 127. The van der Waals surface area contributed by atoms with Gasteiger partial charge in [0.2, 0.25) is 0 Å². The molecule has 2 nitrogen and oxygen atoms in total. The quantitative estimate of drug-likeness (QED) is 0.625. The Hall–Kier alpha value is 0.210. The summed E-state index contributed by atoms with van der Waals surface area (Å²) in [7, 11) is 0. The van der Waals surface area contributed by atoms with Crippen molar-refractivity contribution in [2.75, 3.05) is 6.54 Å². The Balaban J connectivity index is 0.000000605. The molecule has 1 aliphatic heterocycles. The summed E-state index contributed by atoms with van der Waals surface area (Å²) in [5, 5.41) is 12.8. The zero-order valence-corrected chi connectivity index (χ0v) is 7.44. The number of aliphatic hydroxyl groups excluding tert-OH is 1. The van der Waals surface area contributed by atoms with E-state index in [0.29, 0.717) is 6.04 Å². The Morgan fingerprint density at radius 1 is 1.18 bits per heavy atom. The van der Waals surface area contributed by atoms with Crippen LogP contribution in [-0.2, 0) is 0 Å². The van der Waals surface area contributed by atoms with Gasteiger partial charge in [0.1, 0.15) is 0 Å². The predicted octanol–water partition coefficient (Wildman–Crippen LogP) is 0.931. The second-order valence-electron chi connectivity index (χ2n) is 3.58. The van der Waals surface area contributed by atoms with Gasteiger partial charge in [-0.25, -0.2) is 0 Å². The third-order valence-corrected chi connectivity index (χ3v) is 2.60. The summed E-state index contributed by atoms with van der Waals surface area (Å²) in [5.74, 6) is 0.898. The molecule has 0 radical (unpaired) electrons. The molecular formula is C8H16ClNO. The molecule has 11 heavy (non-hydrogen) atoms. The van der Waals surface area contributed by atoms with Gasteiger partial charge in [0.25, 0.3) is 0 Å². The Kier molecular flexibility index (Phi) is 3.16. The maximum Gasteiger partial charge on any atom is 0.0567 e. The third-order valence-electron chi connectivity index (χ3n) is 2.60. The number of hydrogen-bond donors (Lipinski definition) is 2. The normalized spacial score (nSPS) is 37.9. The number of rotatable bonds is 1. The van der Waals surface area contributed by atoms with Crippen molar-refractivity contribution in [2.45, 2.75) is 37.8 Å². The zero-order valence-electron chi connectivity index (χ0n) is 6.62. The molecule has 1 aliphatic carbocycles. The molecule has 0 aromatic rings. The molecular weight excluding hydrogens is 162 g/mol. The van der Waals surface area contributed by atoms with Crippen LogP contribution in [0.15, 0.2) is 0 Å². The highest BCUT2D eigenvalue weighted by molar-refractivity contribution is 5.85. The SMILES string of the molecule is Cl.O[C@H]1CCN[C@@H](C2CC2)C1. The van der Waals surface area contributed by atoms with Gasteiger partial charge in [-0.15, -0.1) is 12.4 Å². The van der Waals surface area contributed by atoms with E-state index in [9.17, 15) is 5.11 Å². The number of aliphatic hydroxyl groups is 1. The summed E-state index contributed by atoms with van der Waals surface area (Å²) in [6, 6.07) is 0.642. The van der Waals surface area contributed by atoms with Crippen molar-refractivity contribution in [1.82, 2.24) is 5.32 Å². The van der Waals surface area contributed by atoms with E-state index in [1.807, 2.05) is 0 Å². The minimum Gasteiger partial charge on any atom is -0.393 e. The number of hydrogen-bond acceptors (Lipinski definition) is 2. The van der Waals surface area contributed by atoms with Gasteiger partial charge in [0.05, 0.1) is 6.10 Å².